The number of hydrogen-bond donors (Lipinski definition) is 1. The normalized spacial score (nSPS) is 20.2. The Morgan fingerprint density at radius 1 is 1.42 bits per heavy atom. The van der Waals surface area contributed by atoms with Crippen molar-refractivity contribution in [2.45, 2.75) is 25.8 Å². The van der Waals surface area contributed by atoms with E-state index in [-0.39, 0.29) is 11.9 Å². The molecular weight excluding hydrogens is 258 g/mol. The van der Waals surface area contributed by atoms with Crippen LogP contribution >= 0.6 is 12.2 Å². The molecule has 5 heteroatoms. The van der Waals surface area contributed by atoms with E-state index in [4.69, 9.17) is 12.2 Å². The zero-order valence-corrected chi connectivity index (χ0v) is 12.0. The van der Waals surface area contributed by atoms with Gasteiger partial charge >= 0.3 is 0 Å². The molecule has 2 aromatic rings. The highest BCUT2D eigenvalue weighted by Gasteiger charge is 2.25. The number of nitrogens with zero attached hydrogens (tertiary/aromatic N) is 2. The molecule has 0 radical (unpaired) electrons. The van der Waals surface area contributed by atoms with E-state index in [2.05, 4.69) is 34.7 Å². The topological polar surface area (TPSA) is 41.0 Å². The molecule has 0 aliphatic carbocycles. The Kier molecular flexibility index (Phi) is 2.93. The summed E-state index contributed by atoms with van der Waals surface area (Å²) in [5.74, 6) is 0.221. The van der Waals surface area contributed by atoms with E-state index < -0.39 is 0 Å². The second kappa shape index (κ2) is 4.49. The number of likely N-dealkylation sites (tertiary alicyclic amines) is 1. The Bertz CT molecular complexity index is 700. The first-order valence-corrected chi connectivity index (χ1v) is 6.92. The van der Waals surface area contributed by atoms with Crippen LogP contribution in [-0.2, 0) is 4.79 Å². The van der Waals surface area contributed by atoms with E-state index in [0.29, 0.717) is 6.42 Å². The third kappa shape index (κ3) is 2.08. The van der Waals surface area contributed by atoms with Crippen LogP contribution in [0.5, 0.6) is 0 Å². The van der Waals surface area contributed by atoms with Crippen molar-refractivity contribution in [3.8, 4) is 0 Å². The molecule has 100 valence electrons. The van der Waals surface area contributed by atoms with Gasteiger partial charge in [-0.05, 0) is 43.3 Å². The maximum Gasteiger partial charge on any atom is 0.222 e. The predicted octanol–water partition coefficient (Wildman–Crippen LogP) is 2.80. The van der Waals surface area contributed by atoms with Crippen LogP contribution < -0.4 is 0 Å². The van der Waals surface area contributed by atoms with E-state index in [1.54, 1.807) is 4.90 Å². The van der Waals surface area contributed by atoms with Crippen molar-refractivity contribution in [2.75, 3.05) is 13.6 Å². The minimum absolute atomic E-state index is 0.221. The summed E-state index contributed by atoms with van der Waals surface area (Å²) < 4.78 is 2.91. The zero-order chi connectivity index (χ0) is 13.6. The zero-order valence-electron chi connectivity index (χ0n) is 11.1. The minimum atomic E-state index is 0.221. The van der Waals surface area contributed by atoms with Crippen molar-refractivity contribution in [3.63, 3.8) is 0 Å². The van der Waals surface area contributed by atoms with Gasteiger partial charge in [0.15, 0.2) is 4.77 Å². The molecule has 0 bridgehead atoms. The van der Waals surface area contributed by atoms with Crippen molar-refractivity contribution >= 4 is 29.2 Å². The molecule has 1 aliphatic rings. The van der Waals surface area contributed by atoms with Gasteiger partial charge in [0.1, 0.15) is 0 Å². The fourth-order valence-electron chi connectivity index (χ4n) is 2.79. The first-order chi connectivity index (χ1) is 9.06. The average molecular weight is 275 g/mol. The molecule has 19 heavy (non-hydrogen) atoms. The third-order valence-electron chi connectivity index (χ3n) is 3.84. The highest BCUT2D eigenvalue weighted by atomic mass is 32.1. The first kappa shape index (κ1) is 12.4. The van der Waals surface area contributed by atoms with Crippen LogP contribution in [0.15, 0.2) is 18.2 Å². The SMILES string of the molecule is Cc1ccc2[nH]c(=S)n(C3CCC(=O)N(C)C3)c2c1. The molecule has 1 aliphatic heterocycles. The van der Waals surface area contributed by atoms with E-state index >= 15 is 0 Å². The quantitative estimate of drug-likeness (QED) is 0.813. The smallest absolute Gasteiger partial charge is 0.222 e. The number of likely N-dealkylation sites (N-methyl/N-ethyl adjacent to an activating group) is 1. The molecule has 1 atom stereocenters. The van der Waals surface area contributed by atoms with Gasteiger partial charge in [-0.15, -0.1) is 0 Å². The van der Waals surface area contributed by atoms with Gasteiger partial charge in [-0.1, -0.05) is 6.07 Å². The van der Waals surface area contributed by atoms with Gasteiger partial charge in [0, 0.05) is 20.0 Å². The molecule has 2 heterocycles. The van der Waals surface area contributed by atoms with Gasteiger partial charge in [0.05, 0.1) is 17.1 Å². The summed E-state index contributed by atoms with van der Waals surface area (Å²) in [6.45, 7) is 2.81. The molecule has 1 saturated heterocycles. The highest BCUT2D eigenvalue weighted by Crippen LogP contribution is 2.27. The van der Waals surface area contributed by atoms with E-state index in [9.17, 15) is 4.79 Å². The van der Waals surface area contributed by atoms with Gasteiger partial charge in [-0.25, -0.2) is 0 Å². The predicted molar refractivity (Wildman–Crippen MR) is 77.8 cm³/mol. The molecular formula is C14H17N3OS. The number of benzene rings is 1. The van der Waals surface area contributed by atoms with Crippen molar-refractivity contribution in [3.05, 3.63) is 28.5 Å². The molecule has 1 N–H and O–H groups in total. The standard InChI is InChI=1S/C14H17N3OS/c1-9-3-5-11-12(7-9)17(14(19)15-11)10-4-6-13(18)16(2)8-10/h3,5,7,10H,4,6,8H2,1-2H3,(H,15,19). The molecule has 3 rings (SSSR count). The lowest BCUT2D eigenvalue weighted by Gasteiger charge is -2.30. The molecule has 4 nitrogen and oxygen atoms in total. The number of H-pyrrole nitrogens is 1. The Hall–Kier alpha value is -1.62. The van der Waals surface area contributed by atoms with E-state index in [0.717, 1.165) is 28.8 Å². The maximum absolute atomic E-state index is 11.6. The summed E-state index contributed by atoms with van der Waals surface area (Å²) >= 11 is 5.45. The second-order valence-corrected chi connectivity index (χ2v) is 5.67. The largest absolute Gasteiger partial charge is 0.344 e. The number of amides is 1. The lowest BCUT2D eigenvalue weighted by Crippen LogP contribution is -2.37. The molecule has 1 aromatic heterocycles. The Morgan fingerprint density at radius 2 is 2.21 bits per heavy atom. The van der Waals surface area contributed by atoms with Crippen LogP contribution in [0.25, 0.3) is 11.0 Å². The number of rotatable bonds is 1. The summed E-state index contributed by atoms with van der Waals surface area (Å²) in [6, 6.07) is 6.56. The van der Waals surface area contributed by atoms with Crippen LogP contribution in [-0.4, -0.2) is 34.0 Å². The van der Waals surface area contributed by atoms with Crippen LogP contribution in [0, 0.1) is 11.7 Å². The van der Waals surface area contributed by atoms with E-state index in [1.807, 2.05) is 7.05 Å². The number of aryl methyl sites for hydroxylation is 1. The van der Waals surface area contributed by atoms with Gasteiger partial charge in [-0.2, -0.15) is 0 Å². The number of aromatic nitrogens is 2. The van der Waals surface area contributed by atoms with Gasteiger partial charge in [-0.3, -0.25) is 4.79 Å². The molecule has 1 aromatic carbocycles. The number of fused-ring (bicyclic) bond motifs is 1. The fraction of sp³-hybridized carbons (Fsp3) is 0.429. The fourth-order valence-corrected chi connectivity index (χ4v) is 3.15. The van der Waals surface area contributed by atoms with Crippen molar-refractivity contribution in [2.24, 2.45) is 0 Å². The van der Waals surface area contributed by atoms with Gasteiger partial charge < -0.3 is 14.5 Å². The Labute approximate surface area is 117 Å². The maximum atomic E-state index is 11.6. The Balaban J connectivity index is 2.09. The Morgan fingerprint density at radius 3 is 2.95 bits per heavy atom. The lowest BCUT2D eigenvalue weighted by molar-refractivity contribution is -0.132. The summed E-state index contributed by atoms with van der Waals surface area (Å²) in [5.41, 5.74) is 3.42. The first-order valence-electron chi connectivity index (χ1n) is 6.51. The molecule has 1 fully saturated rings. The number of hydrogen-bond acceptors (Lipinski definition) is 2. The number of imidazole rings is 1. The minimum Gasteiger partial charge on any atom is -0.344 e. The lowest BCUT2D eigenvalue weighted by atomic mass is 10.1. The molecule has 1 amide bonds. The number of piperidine rings is 1. The van der Waals surface area contributed by atoms with Crippen LogP contribution in [0.4, 0.5) is 0 Å². The molecule has 0 spiro atoms. The third-order valence-corrected chi connectivity index (χ3v) is 4.14. The van der Waals surface area contributed by atoms with Crippen molar-refractivity contribution in [1.82, 2.24) is 14.5 Å². The van der Waals surface area contributed by atoms with Crippen molar-refractivity contribution < 1.29 is 4.79 Å². The van der Waals surface area contributed by atoms with Crippen molar-refractivity contribution in [1.29, 1.82) is 0 Å². The summed E-state index contributed by atoms with van der Waals surface area (Å²) in [7, 11) is 1.86. The van der Waals surface area contributed by atoms with Crippen LogP contribution in [0.1, 0.15) is 24.4 Å². The summed E-state index contributed by atoms with van der Waals surface area (Å²) in [5, 5.41) is 0. The van der Waals surface area contributed by atoms with Crippen LogP contribution in [0.2, 0.25) is 0 Å². The summed E-state index contributed by atoms with van der Waals surface area (Å²) in [4.78, 5) is 16.6. The highest BCUT2D eigenvalue weighted by molar-refractivity contribution is 7.71. The number of carbonyl (C=O) groups excluding carboxylic acids is 1. The number of nitrogens with one attached hydrogen (secondary N) is 1. The van der Waals surface area contributed by atoms with Gasteiger partial charge in [0.2, 0.25) is 5.91 Å². The number of carbonyl (C=O) groups is 1. The molecule has 1 unspecified atom stereocenters. The second-order valence-electron chi connectivity index (χ2n) is 5.29. The van der Waals surface area contributed by atoms with E-state index in [1.165, 1.54) is 5.56 Å². The summed E-state index contributed by atoms with van der Waals surface area (Å²) in [6.07, 6.45) is 1.46. The average Bonchev–Trinajstić information content (AvgIpc) is 2.68. The van der Waals surface area contributed by atoms with Gasteiger partial charge in [0.25, 0.3) is 0 Å². The van der Waals surface area contributed by atoms with Crippen LogP contribution in [0.3, 0.4) is 0 Å². The molecule has 0 saturated carbocycles. The monoisotopic (exact) mass is 275 g/mol. The number of aromatic amines is 1.